The fraction of sp³-hybridized carbons (Fsp3) is 0.467. The van der Waals surface area contributed by atoms with Crippen LogP contribution >= 0.6 is 11.6 Å². The third kappa shape index (κ3) is 2.52. The van der Waals surface area contributed by atoms with Gasteiger partial charge in [0, 0.05) is 12.0 Å². The van der Waals surface area contributed by atoms with E-state index in [4.69, 9.17) is 21.1 Å². The Morgan fingerprint density at radius 2 is 2.00 bits per heavy atom. The number of carbonyl (C=O) groups is 2. The molecule has 0 aromatic heterocycles. The molecule has 1 aliphatic rings. The van der Waals surface area contributed by atoms with Gasteiger partial charge in [-0.25, -0.2) is 4.79 Å². The number of rotatable bonds is 2. The van der Waals surface area contributed by atoms with Crippen LogP contribution in [-0.4, -0.2) is 29.3 Å². The van der Waals surface area contributed by atoms with Crippen LogP contribution in [0.3, 0.4) is 0 Å². The van der Waals surface area contributed by atoms with Crippen molar-refractivity contribution in [3.63, 3.8) is 0 Å². The lowest BCUT2D eigenvalue weighted by molar-refractivity contribution is -0.156. The van der Waals surface area contributed by atoms with Crippen LogP contribution in [0.15, 0.2) is 18.2 Å². The number of carbonyl (C=O) groups excluding carboxylic acids is 2. The zero-order valence-corrected chi connectivity index (χ0v) is 12.7. The monoisotopic (exact) mass is 296 g/mol. The highest BCUT2D eigenvalue weighted by molar-refractivity contribution is 6.49. The van der Waals surface area contributed by atoms with E-state index in [0.29, 0.717) is 16.9 Å². The van der Waals surface area contributed by atoms with E-state index in [1.807, 2.05) is 0 Å². The Morgan fingerprint density at radius 1 is 1.35 bits per heavy atom. The summed E-state index contributed by atoms with van der Waals surface area (Å²) in [6.45, 7) is 5.21. The standard InChI is InChI=1S/C15H17ClO4/c1-14(2,3)20-13(18)15(16)8-9-7-10(19-4)5-6-11(9)12(15)17/h5-7H,8H2,1-4H3/t15-/m1/s1. The summed E-state index contributed by atoms with van der Waals surface area (Å²) in [5.41, 5.74) is 0.466. The van der Waals surface area contributed by atoms with Gasteiger partial charge in [-0.2, -0.15) is 0 Å². The number of ether oxygens (including phenoxy) is 2. The van der Waals surface area contributed by atoms with Crippen LogP contribution in [0.5, 0.6) is 5.75 Å². The number of hydrogen-bond donors (Lipinski definition) is 0. The largest absolute Gasteiger partial charge is 0.497 e. The van der Waals surface area contributed by atoms with E-state index < -0.39 is 22.2 Å². The first-order valence-corrected chi connectivity index (χ1v) is 6.69. The third-order valence-corrected chi connectivity index (χ3v) is 3.53. The van der Waals surface area contributed by atoms with Crippen LogP contribution in [0.4, 0.5) is 0 Å². The van der Waals surface area contributed by atoms with Crippen LogP contribution in [0.1, 0.15) is 36.7 Å². The van der Waals surface area contributed by atoms with Crippen molar-refractivity contribution in [2.75, 3.05) is 7.11 Å². The molecule has 0 saturated carbocycles. The van der Waals surface area contributed by atoms with Gasteiger partial charge in [-0.05, 0) is 44.5 Å². The second-order valence-corrected chi connectivity index (χ2v) is 6.48. The molecule has 5 heteroatoms. The van der Waals surface area contributed by atoms with Crippen molar-refractivity contribution < 1.29 is 19.1 Å². The molecule has 1 aromatic rings. The lowest BCUT2D eigenvalue weighted by atomic mass is 10.0. The molecule has 0 radical (unpaired) electrons. The quantitative estimate of drug-likeness (QED) is 0.478. The average molecular weight is 297 g/mol. The molecule has 0 spiro atoms. The second kappa shape index (κ2) is 4.77. The highest BCUT2D eigenvalue weighted by Gasteiger charge is 2.52. The molecule has 108 valence electrons. The van der Waals surface area contributed by atoms with Gasteiger partial charge in [0.25, 0.3) is 0 Å². The third-order valence-electron chi connectivity index (χ3n) is 3.07. The van der Waals surface area contributed by atoms with Gasteiger partial charge in [-0.15, -0.1) is 0 Å². The number of alkyl halides is 1. The van der Waals surface area contributed by atoms with Crippen molar-refractivity contribution in [3.8, 4) is 5.75 Å². The molecule has 4 nitrogen and oxygen atoms in total. The molecule has 0 fully saturated rings. The van der Waals surface area contributed by atoms with Crippen LogP contribution in [0.25, 0.3) is 0 Å². The lowest BCUT2D eigenvalue weighted by Gasteiger charge is -2.25. The van der Waals surface area contributed by atoms with E-state index in [-0.39, 0.29) is 6.42 Å². The van der Waals surface area contributed by atoms with E-state index in [2.05, 4.69) is 0 Å². The molecule has 1 atom stereocenters. The number of hydrogen-bond acceptors (Lipinski definition) is 4. The summed E-state index contributed by atoms with van der Waals surface area (Å²) in [6.07, 6.45) is 0.120. The first kappa shape index (κ1) is 14.9. The van der Waals surface area contributed by atoms with Crippen molar-refractivity contribution in [2.45, 2.75) is 37.7 Å². The maximum Gasteiger partial charge on any atom is 0.336 e. The van der Waals surface area contributed by atoms with Crippen LogP contribution in [0.2, 0.25) is 0 Å². The van der Waals surface area contributed by atoms with Crippen molar-refractivity contribution in [1.82, 2.24) is 0 Å². The van der Waals surface area contributed by atoms with E-state index in [0.717, 1.165) is 0 Å². The summed E-state index contributed by atoms with van der Waals surface area (Å²) in [5, 5.41) is 0. The molecule has 0 N–H and O–H groups in total. The topological polar surface area (TPSA) is 52.6 Å². The molecule has 0 unspecified atom stereocenters. The Balaban J connectivity index is 2.33. The summed E-state index contributed by atoms with van der Waals surface area (Å²) >= 11 is 6.27. The van der Waals surface area contributed by atoms with Gasteiger partial charge >= 0.3 is 5.97 Å². The Kier molecular flexibility index (Phi) is 3.54. The van der Waals surface area contributed by atoms with Gasteiger partial charge in [-0.1, -0.05) is 11.6 Å². The lowest BCUT2D eigenvalue weighted by Crippen LogP contribution is -2.43. The number of fused-ring (bicyclic) bond motifs is 1. The first-order chi connectivity index (χ1) is 9.17. The van der Waals surface area contributed by atoms with E-state index in [9.17, 15) is 9.59 Å². The van der Waals surface area contributed by atoms with Gasteiger partial charge in [0.1, 0.15) is 11.4 Å². The number of halogens is 1. The zero-order chi connectivity index (χ0) is 15.1. The van der Waals surface area contributed by atoms with Gasteiger partial charge in [-0.3, -0.25) is 4.79 Å². The molecular formula is C15H17ClO4. The Bertz CT molecular complexity index is 574. The van der Waals surface area contributed by atoms with E-state index in [1.165, 1.54) is 0 Å². The van der Waals surface area contributed by atoms with Crippen LogP contribution in [0, 0.1) is 0 Å². The molecule has 2 rings (SSSR count). The van der Waals surface area contributed by atoms with Gasteiger partial charge in [0.2, 0.25) is 4.87 Å². The fourth-order valence-corrected chi connectivity index (χ4v) is 2.43. The number of benzene rings is 1. The summed E-state index contributed by atoms with van der Waals surface area (Å²) in [7, 11) is 1.54. The SMILES string of the molecule is COc1ccc2c(c1)C[C@](Cl)(C(=O)OC(C)(C)C)C2=O. The molecule has 0 saturated heterocycles. The van der Waals surface area contributed by atoms with Crippen molar-refractivity contribution in [3.05, 3.63) is 29.3 Å². The number of ketones is 1. The van der Waals surface area contributed by atoms with Crippen molar-refractivity contribution >= 4 is 23.4 Å². The van der Waals surface area contributed by atoms with Gasteiger partial charge in [0.15, 0.2) is 5.78 Å². The zero-order valence-electron chi connectivity index (χ0n) is 12.0. The predicted octanol–water partition coefficient (Wildman–Crippen LogP) is 2.75. The molecule has 0 amide bonds. The summed E-state index contributed by atoms with van der Waals surface area (Å²) < 4.78 is 10.4. The summed E-state index contributed by atoms with van der Waals surface area (Å²) in [4.78, 5) is 22.9. The summed E-state index contributed by atoms with van der Waals surface area (Å²) in [6, 6.07) is 5.03. The fourth-order valence-electron chi connectivity index (χ4n) is 2.14. The minimum Gasteiger partial charge on any atom is -0.497 e. The molecule has 0 heterocycles. The average Bonchev–Trinajstić information content (AvgIpc) is 2.60. The molecule has 1 aromatic carbocycles. The first-order valence-electron chi connectivity index (χ1n) is 6.31. The van der Waals surface area contributed by atoms with Crippen molar-refractivity contribution in [2.24, 2.45) is 0 Å². The number of esters is 1. The van der Waals surface area contributed by atoms with Crippen molar-refractivity contribution in [1.29, 1.82) is 0 Å². The second-order valence-electron chi connectivity index (χ2n) is 5.83. The molecular weight excluding hydrogens is 280 g/mol. The highest BCUT2D eigenvalue weighted by Crippen LogP contribution is 2.38. The number of Topliss-reactive ketones (excluding diaryl/α,β-unsaturated/α-hetero) is 1. The Hall–Kier alpha value is -1.55. The van der Waals surface area contributed by atoms with E-state index in [1.54, 1.807) is 46.1 Å². The van der Waals surface area contributed by atoms with E-state index >= 15 is 0 Å². The molecule has 20 heavy (non-hydrogen) atoms. The normalized spacial score (nSPS) is 21.6. The Morgan fingerprint density at radius 3 is 2.55 bits per heavy atom. The Labute approximate surface area is 123 Å². The smallest absolute Gasteiger partial charge is 0.336 e. The predicted molar refractivity (Wildman–Crippen MR) is 75.5 cm³/mol. The molecule has 1 aliphatic carbocycles. The minimum atomic E-state index is -1.66. The van der Waals surface area contributed by atoms with Gasteiger partial charge in [0.05, 0.1) is 7.11 Å². The highest BCUT2D eigenvalue weighted by atomic mass is 35.5. The minimum absolute atomic E-state index is 0.120. The van der Waals surface area contributed by atoms with Gasteiger partial charge < -0.3 is 9.47 Å². The molecule has 0 aliphatic heterocycles. The van der Waals surface area contributed by atoms with Crippen LogP contribution in [-0.2, 0) is 16.0 Å². The van der Waals surface area contributed by atoms with Crippen LogP contribution < -0.4 is 4.74 Å². The maximum atomic E-state index is 12.4. The summed E-state index contributed by atoms with van der Waals surface area (Å²) in [5.74, 6) is -0.487. The number of methoxy groups -OCH3 is 1. The maximum absolute atomic E-state index is 12.4. The molecule has 0 bridgehead atoms.